The lowest BCUT2D eigenvalue weighted by Gasteiger charge is -2.32. The molecule has 2 atom stereocenters. The number of thioether (sulfide) groups is 1. The van der Waals surface area contributed by atoms with E-state index in [1.54, 1.807) is 7.05 Å². The van der Waals surface area contributed by atoms with Crippen molar-refractivity contribution < 1.29 is 4.52 Å². The predicted molar refractivity (Wildman–Crippen MR) is 128 cm³/mol. The zero-order valence-electron chi connectivity index (χ0n) is 19.2. The molecule has 0 spiro atoms. The Balaban J connectivity index is 1.66. The molecular weight excluding hydrogens is 428 g/mol. The molecule has 174 valence electrons. The van der Waals surface area contributed by atoms with E-state index in [9.17, 15) is 4.79 Å². The minimum absolute atomic E-state index is 0.188. The van der Waals surface area contributed by atoms with E-state index in [4.69, 9.17) is 4.99 Å². The SMILES string of the molecule is C\N=C(/N=C1/N=C(N2CCCC2CSC)N(C)/C1=C\N[C@H](C)C1CCC1)c1noc(=O)[nH]1. The van der Waals surface area contributed by atoms with Crippen molar-refractivity contribution in [1.82, 2.24) is 25.3 Å². The molecule has 4 rings (SSSR count). The van der Waals surface area contributed by atoms with E-state index < -0.39 is 5.76 Å². The molecule has 11 heteroatoms. The highest BCUT2D eigenvalue weighted by molar-refractivity contribution is 7.98. The molecule has 1 saturated heterocycles. The van der Waals surface area contributed by atoms with Crippen LogP contribution < -0.4 is 11.1 Å². The van der Waals surface area contributed by atoms with Crippen molar-refractivity contribution in [2.24, 2.45) is 20.9 Å². The number of aliphatic imine (C=N–C) groups is 3. The second-order valence-electron chi connectivity index (χ2n) is 8.52. The van der Waals surface area contributed by atoms with Crippen molar-refractivity contribution in [3.05, 3.63) is 28.3 Å². The van der Waals surface area contributed by atoms with Gasteiger partial charge >= 0.3 is 5.76 Å². The zero-order valence-corrected chi connectivity index (χ0v) is 20.0. The normalized spacial score (nSPS) is 25.6. The van der Waals surface area contributed by atoms with Gasteiger partial charge in [0.25, 0.3) is 0 Å². The number of likely N-dealkylation sites (N-methyl/N-ethyl adjacent to an activating group) is 1. The first-order chi connectivity index (χ1) is 15.5. The molecule has 1 aromatic rings. The van der Waals surface area contributed by atoms with Crippen molar-refractivity contribution in [2.45, 2.75) is 51.1 Å². The second-order valence-corrected chi connectivity index (χ2v) is 9.43. The first-order valence-electron chi connectivity index (χ1n) is 11.2. The minimum atomic E-state index is -0.641. The quantitative estimate of drug-likeness (QED) is 0.492. The molecule has 2 N–H and O–H groups in total. The lowest BCUT2D eigenvalue weighted by molar-refractivity contribution is 0.254. The Morgan fingerprint density at radius 2 is 2.22 bits per heavy atom. The Hall–Kier alpha value is -2.56. The van der Waals surface area contributed by atoms with E-state index in [1.165, 1.54) is 19.3 Å². The summed E-state index contributed by atoms with van der Waals surface area (Å²) < 4.78 is 4.63. The number of aromatic amines is 1. The third-order valence-corrected chi connectivity index (χ3v) is 7.22. The highest BCUT2D eigenvalue weighted by Gasteiger charge is 2.35. The third-order valence-electron chi connectivity index (χ3n) is 6.51. The van der Waals surface area contributed by atoms with Crippen molar-refractivity contribution in [3.63, 3.8) is 0 Å². The molecule has 1 aromatic heterocycles. The number of guanidine groups is 1. The number of hydrogen-bond acceptors (Lipinski definition) is 8. The van der Waals surface area contributed by atoms with Gasteiger partial charge in [-0.2, -0.15) is 16.8 Å². The summed E-state index contributed by atoms with van der Waals surface area (Å²) in [5.41, 5.74) is 0.868. The van der Waals surface area contributed by atoms with Gasteiger partial charge in [-0.05, 0) is 44.8 Å². The number of rotatable bonds is 6. The number of nitrogens with zero attached hydrogens (tertiary/aromatic N) is 6. The average molecular weight is 461 g/mol. The fraction of sp³-hybridized carbons (Fsp3) is 0.667. The summed E-state index contributed by atoms with van der Waals surface area (Å²) in [6.45, 7) is 3.20. The van der Waals surface area contributed by atoms with Gasteiger partial charge in [0.05, 0.1) is 0 Å². The third kappa shape index (κ3) is 4.62. The average Bonchev–Trinajstić information content (AvgIpc) is 3.43. The highest BCUT2D eigenvalue weighted by Crippen LogP contribution is 2.30. The number of nitrogens with one attached hydrogen (secondary N) is 2. The topological polar surface area (TPSA) is 114 Å². The number of H-pyrrole nitrogens is 1. The van der Waals surface area contributed by atoms with Gasteiger partial charge in [0.15, 0.2) is 11.7 Å². The fourth-order valence-electron chi connectivity index (χ4n) is 4.37. The molecule has 1 saturated carbocycles. The molecule has 3 heterocycles. The Morgan fingerprint density at radius 3 is 2.84 bits per heavy atom. The van der Waals surface area contributed by atoms with Crippen LogP contribution in [0.2, 0.25) is 0 Å². The van der Waals surface area contributed by atoms with Crippen molar-refractivity contribution >= 4 is 29.4 Å². The Bertz CT molecular complexity index is 990. The molecule has 32 heavy (non-hydrogen) atoms. The lowest BCUT2D eigenvalue weighted by Crippen LogP contribution is -2.43. The summed E-state index contributed by atoms with van der Waals surface area (Å²) >= 11 is 1.86. The van der Waals surface area contributed by atoms with Crippen LogP contribution in [0.1, 0.15) is 44.9 Å². The molecule has 1 aliphatic carbocycles. The van der Waals surface area contributed by atoms with Crippen molar-refractivity contribution in [1.29, 1.82) is 0 Å². The van der Waals surface area contributed by atoms with Crippen LogP contribution in [0.3, 0.4) is 0 Å². The van der Waals surface area contributed by atoms with Crippen LogP contribution in [-0.2, 0) is 0 Å². The maximum atomic E-state index is 11.4. The smallest absolute Gasteiger partial charge is 0.386 e. The molecule has 2 aliphatic heterocycles. The van der Waals surface area contributed by atoms with Crippen LogP contribution in [0.15, 0.2) is 36.2 Å². The Labute approximate surface area is 192 Å². The molecule has 1 unspecified atom stereocenters. The van der Waals surface area contributed by atoms with Gasteiger partial charge in [-0.25, -0.2) is 9.79 Å². The molecule has 0 bridgehead atoms. The van der Waals surface area contributed by atoms with E-state index in [1.807, 2.05) is 25.0 Å². The van der Waals surface area contributed by atoms with Gasteiger partial charge in [-0.15, -0.1) is 0 Å². The number of hydrogen-bond donors (Lipinski definition) is 2. The van der Waals surface area contributed by atoms with E-state index in [0.717, 1.165) is 36.8 Å². The van der Waals surface area contributed by atoms with Crippen LogP contribution in [-0.4, -0.2) is 82.3 Å². The molecule has 0 amide bonds. The molecule has 2 fully saturated rings. The first kappa shape index (κ1) is 22.6. The summed E-state index contributed by atoms with van der Waals surface area (Å²) in [6, 6.07) is 0.844. The van der Waals surface area contributed by atoms with Gasteiger partial charge in [0.1, 0.15) is 5.70 Å². The Kier molecular flexibility index (Phi) is 7.02. The van der Waals surface area contributed by atoms with Crippen molar-refractivity contribution in [2.75, 3.05) is 32.6 Å². The number of likely N-dealkylation sites (tertiary alicyclic amines) is 1. The van der Waals surface area contributed by atoms with Gasteiger partial charge in [-0.3, -0.25) is 14.5 Å². The number of aromatic nitrogens is 2. The molecular formula is C21H32N8O2S. The van der Waals surface area contributed by atoms with E-state index in [0.29, 0.717) is 23.8 Å². The zero-order chi connectivity index (χ0) is 22.7. The summed E-state index contributed by atoms with van der Waals surface area (Å²) in [7, 11) is 3.63. The summed E-state index contributed by atoms with van der Waals surface area (Å²) in [5.74, 6) is 3.02. The van der Waals surface area contributed by atoms with Gasteiger partial charge in [0.2, 0.25) is 11.8 Å². The van der Waals surface area contributed by atoms with E-state index >= 15 is 0 Å². The Morgan fingerprint density at radius 1 is 1.41 bits per heavy atom. The van der Waals surface area contributed by atoms with E-state index in [2.05, 4.69) is 52.9 Å². The van der Waals surface area contributed by atoms with E-state index in [-0.39, 0.29) is 11.7 Å². The van der Waals surface area contributed by atoms with Crippen LogP contribution in [0, 0.1) is 5.92 Å². The monoisotopic (exact) mass is 460 g/mol. The maximum Gasteiger partial charge on any atom is 0.439 e. The first-order valence-corrected chi connectivity index (χ1v) is 12.6. The lowest BCUT2D eigenvalue weighted by atomic mass is 9.80. The van der Waals surface area contributed by atoms with Gasteiger partial charge in [0, 0.05) is 44.7 Å². The van der Waals surface area contributed by atoms with Gasteiger partial charge in [-0.1, -0.05) is 11.6 Å². The number of amidine groups is 2. The standard InChI is InChI=1S/C21H32N8O2S/c1-13(14-7-5-8-14)23-11-16-17(24-18(22-2)19-26-21(30)31-27-19)25-20(28(16)3)29-10-6-9-15(29)12-32-4/h11,13-15,23H,5-10,12H2,1-4H3,(H,26,27,30)/b16-11-,22-18-,24-17+/t13-,15?/m1/s1. The largest absolute Gasteiger partial charge is 0.439 e. The highest BCUT2D eigenvalue weighted by atomic mass is 32.2. The fourth-order valence-corrected chi connectivity index (χ4v) is 5.10. The predicted octanol–water partition coefficient (Wildman–Crippen LogP) is 1.89. The summed E-state index contributed by atoms with van der Waals surface area (Å²) in [6.07, 6.45) is 10.3. The van der Waals surface area contributed by atoms with Gasteiger partial charge < -0.3 is 15.1 Å². The summed E-state index contributed by atoms with van der Waals surface area (Å²) in [4.78, 5) is 32.2. The maximum absolute atomic E-state index is 11.4. The van der Waals surface area contributed by atoms with Crippen LogP contribution in [0.5, 0.6) is 0 Å². The molecule has 0 radical (unpaired) electrons. The second kappa shape index (κ2) is 9.93. The molecule has 0 aromatic carbocycles. The van der Waals surface area contributed by atoms with Crippen LogP contribution in [0.4, 0.5) is 0 Å². The molecule has 3 aliphatic rings. The minimum Gasteiger partial charge on any atom is -0.386 e. The summed E-state index contributed by atoms with van der Waals surface area (Å²) in [5, 5.41) is 7.29. The van der Waals surface area contributed by atoms with Crippen LogP contribution >= 0.6 is 11.8 Å². The van der Waals surface area contributed by atoms with Crippen LogP contribution in [0.25, 0.3) is 0 Å². The van der Waals surface area contributed by atoms with Crippen molar-refractivity contribution in [3.8, 4) is 0 Å². The molecule has 10 nitrogen and oxygen atoms in total.